The summed E-state index contributed by atoms with van der Waals surface area (Å²) in [6.45, 7) is 2.01. The third kappa shape index (κ3) is 3.95. The van der Waals surface area contributed by atoms with Crippen LogP contribution in [-0.2, 0) is 11.3 Å². The molecule has 1 aromatic heterocycles. The molecule has 1 unspecified atom stereocenters. The summed E-state index contributed by atoms with van der Waals surface area (Å²) in [4.78, 5) is 38.0. The molecule has 2 fully saturated rings. The van der Waals surface area contributed by atoms with Crippen LogP contribution < -0.4 is 11.4 Å². The number of carbonyl (C=O) groups is 2. The second-order valence-electron chi connectivity index (χ2n) is 8.70. The van der Waals surface area contributed by atoms with E-state index in [1.165, 1.54) is 0 Å². The molecule has 1 aliphatic carbocycles. The van der Waals surface area contributed by atoms with Crippen molar-refractivity contribution in [2.24, 2.45) is 17.6 Å². The Labute approximate surface area is 185 Å². The molecule has 1 atom stereocenters. The van der Waals surface area contributed by atoms with Crippen molar-refractivity contribution in [3.63, 3.8) is 0 Å². The van der Waals surface area contributed by atoms with Gasteiger partial charge in [-0.25, -0.2) is 9.89 Å². The first kappa shape index (κ1) is 20.2. The van der Waals surface area contributed by atoms with Crippen molar-refractivity contribution in [2.75, 3.05) is 13.1 Å². The number of rotatable bonds is 6. The lowest BCUT2D eigenvalue weighted by molar-refractivity contribution is -0.131. The Morgan fingerprint density at radius 3 is 2.22 bits per heavy atom. The summed E-state index contributed by atoms with van der Waals surface area (Å²) in [5, 5.41) is 6.82. The van der Waals surface area contributed by atoms with Crippen molar-refractivity contribution in [3.8, 4) is 22.5 Å². The van der Waals surface area contributed by atoms with Crippen molar-refractivity contribution in [1.29, 1.82) is 0 Å². The first-order chi connectivity index (χ1) is 15.5. The number of likely N-dealkylation sites (tertiary alicyclic amines) is 1. The third-order valence-electron chi connectivity index (χ3n) is 6.37. The molecule has 2 aromatic carbocycles. The zero-order chi connectivity index (χ0) is 22.2. The van der Waals surface area contributed by atoms with E-state index in [0.717, 1.165) is 42.5 Å². The fraction of sp³-hybridized carbons (Fsp3) is 0.333. The average molecular weight is 431 g/mol. The van der Waals surface area contributed by atoms with Crippen molar-refractivity contribution < 1.29 is 9.59 Å². The minimum absolute atomic E-state index is 0.228. The maximum atomic E-state index is 12.4. The molecular formula is C24H25N5O3. The number of nitrogens with one attached hydrogen (secondary N) is 1. The molecule has 2 amide bonds. The topological polar surface area (TPSA) is 114 Å². The van der Waals surface area contributed by atoms with Crippen LogP contribution in [0.5, 0.6) is 0 Å². The Kier molecular flexibility index (Phi) is 5.13. The van der Waals surface area contributed by atoms with E-state index in [4.69, 9.17) is 5.73 Å². The molecule has 5 rings (SSSR count). The molecule has 8 nitrogen and oxygen atoms in total. The van der Waals surface area contributed by atoms with Gasteiger partial charge in [0.05, 0.1) is 0 Å². The van der Waals surface area contributed by atoms with Crippen LogP contribution in [0.15, 0.2) is 53.3 Å². The summed E-state index contributed by atoms with van der Waals surface area (Å²) in [5.74, 6) is 0.885. The van der Waals surface area contributed by atoms with Crippen LogP contribution in [0.2, 0.25) is 0 Å². The molecule has 0 radical (unpaired) electrons. The smallest absolute Gasteiger partial charge is 0.343 e. The molecule has 1 saturated heterocycles. The third-order valence-corrected chi connectivity index (χ3v) is 6.37. The number of amides is 2. The fourth-order valence-electron chi connectivity index (χ4n) is 4.37. The van der Waals surface area contributed by atoms with Gasteiger partial charge in [0.2, 0.25) is 11.8 Å². The Hall–Kier alpha value is -3.68. The number of H-pyrrole nitrogens is 1. The van der Waals surface area contributed by atoms with Gasteiger partial charge < -0.3 is 10.6 Å². The number of aromatic nitrogens is 3. The SMILES string of the molecule is NC(=O)c1ccc(-c2ccc(-c3n[nH]c(=O)n3CC3CCN(C(=O)C4CC4)C3)cc2)cc1. The van der Waals surface area contributed by atoms with E-state index < -0.39 is 5.91 Å². The maximum absolute atomic E-state index is 12.4. The highest BCUT2D eigenvalue weighted by atomic mass is 16.2. The number of benzene rings is 2. The van der Waals surface area contributed by atoms with Gasteiger partial charge in [0, 0.05) is 36.7 Å². The summed E-state index contributed by atoms with van der Waals surface area (Å²) in [5.41, 5.74) is 8.32. The largest absolute Gasteiger partial charge is 0.366 e. The minimum atomic E-state index is -0.453. The molecule has 1 aliphatic heterocycles. The zero-order valence-electron chi connectivity index (χ0n) is 17.7. The number of nitrogens with zero attached hydrogens (tertiary/aromatic N) is 3. The van der Waals surface area contributed by atoms with E-state index in [9.17, 15) is 14.4 Å². The standard InChI is InChI=1S/C24H25N5O3/c25-21(30)18-5-1-16(2-6-18)17-3-7-19(8-4-17)22-26-27-24(32)29(22)14-15-11-12-28(13-15)23(31)20-9-10-20/h1-8,15,20H,9-14H2,(H2,25,30)(H,27,32). The molecule has 164 valence electrons. The Morgan fingerprint density at radius 1 is 0.969 bits per heavy atom. The first-order valence-electron chi connectivity index (χ1n) is 10.9. The molecule has 8 heteroatoms. The number of carbonyl (C=O) groups excluding carboxylic acids is 2. The lowest BCUT2D eigenvalue weighted by Gasteiger charge is -2.16. The highest BCUT2D eigenvalue weighted by molar-refractivity contribution is 5.93. The lowest BCUT2D eigenvalue weighted by atomic mass is 10.0. The Balaban J connectivity index is 1.32. The Morgan fingerprint density at radius 2 is 1.59 bits per heavy atom. The quantitative estimate of drug-likeness (QED) is 0.623. The molecule has 3 aromatic rings. The fourth-order valence-corrected chi connectivity index (χ4v) is 4.37. The van der Waals surface area contributed by atoms with Gasteiger partial charge in [0.1, 0.15) is 0 Å². The van der Waals surface area contributed by atoms with Gasteiger partial charge in [0.25, 0.3) is 0 Å². The van der Waals surface area contributed by atoms with Gasteiger partial charge >= 0.3 is 5.69 Å². The molecule has 0 bridgehead atoms. The molecule has 32 heavy (non-hydrogen) atoms. The van der Waals surface area contributed by atoms with Crippen LogP contribution in [0.25, 0.3) is 22.5 Å². The van der Waals surface area contributed by atoms with E-state index in [0.29, 0.717) is 24.5 Å². The van der Waals surface area contributed by atoms with Crippen LogP contribution in [0.4, 0.5) is 0 Å². The van der Waals surface area contributed by atoms with Crippen LogP contribution in [0.3, 0.4) is 0 Å². The number of hydrogen-bond acceptors (Lipinski definition) is 4. The van der Waals surface area contributed by atoms with E-state index in [2.05, 4.69) is 10.2 Å². The van der Waals surface area contributed by atoms with Gasteiger partial charge in [-0.05, 0) is 48.4 Å². The van der Waals surface area contributed by atoms with E-state index in [-0.39, 0.29) is 23.4 Å². The van der Waals surface area contributed by atoms with Crippen molar-refractivity contribution in [3.05, 3.63) is 64.6 Å². The van der Waals surface area contributed by atoms with Crippen LogP contribution in [0, 0.1) is 11.8 Å². The van der Waals surface area contributed by atoms with E-state index >= 15 is 0 Å². The summed E-state index contributed by atoms with van der Waals surface area (Å²) in [7, 11) is 0. The van der Waals surface area contributed by atoms with Gasteiger partial charge in [-0.3, -0.25) is 14.2 Å². The van der Waals surface area contributed by atoms with Crippen LogP contribution in [0.1, 0.15) is 29.6 Å². The number of primary amides is 1. The maximum Gasteiger partial charge on any atom is 0.343 e. The van der Waals surface area contributed by atoms with Gasteiger partial charge in [-0.15, -0.1) is 0 Å². The normalized spacial score (nSPS) is 18.1. The number of hydrogen-bond donors (Lipinski definition) is 2. The zero-order valence-corrected chi connectivity index (χ0v) is 17.7. The minimum Gasteiger partial charge on any atom is -0.366 e. The highest BCUT2D eigenvalue weighted by Crippen LogP contribution is 2.33. The molecule has 1 saturated carbocycles. The number of nitrogens with two attached hydrogens (primary N) is 1. The van der Waals surface area contributed by atoms with Crippen molar-refractivity contribution in [2.45, 2.75) is 25.8 Å². The Bertz CT molecular complexity index is 1210. The summed E-state index contributed by atoms with van der Waals surface area (Å²) in [6, 6.07) is 14.9. The average Bonchev–Trinajstić information content (AvgIpc) is 3.46. The monoisotopic (exact) mass is 431 g/mol. The second kappa shape index (κ2) is 8.11. The van der Waals surface area contributed by atoms with Crippen molar-refractivity contribution >= 4 is 11.8 Å². The summed E-state index contributed by atoms with van der Waals surface area (Å²) in [6.07, 6.45) is 2.92. The first-order valence-corrected chi connectivity index (χ1v) is 10.9. The van der Waals surface area contributed by atoms with E-state index in [1.54, 1.807) is 16.7 Å². The van der Waals surface area contributed by atoms with Crippen LogP contribution >= 0.6 is 0 Å². The molecular weight excluding hydrogens is 406 g/mol. The van der Waals surface area contributed by atoms with Gasteiger partial charge in [-0.1, -0.05) is 36.4 Å². The highest BCUT2D eigenvalue weighted by Gasteiger charge is 2.36. The van der Waals surface area contributed by atoms with Crippen LogP contribution in [-0.4, -0.2) is 44.6 Å². The van der Waals surface area contributed by atoms with Gasteiger partial charge in [0.15, 0.2) is 5.82 Å². The summed E-state index contributed by atoms with van der Waals surface area (Å²) < 4.78 is 1.67. The predicted octanol–water partition coefficient (Wildman–Crippen LogP) is 2.26. The molecule has 3 N–H and O–H groups in total. The number of aromatic amines is 1. The second-order valence-corrected chi connectivity index (χ2v) is 8.70. The summed E-state index contributed by atoms with van der Waals surface area (Å²) >= 11 is 0. The van der Waals surface area contributed by atoms with Crippen molar-refractivity contribution in [1.82, 2.24) is 19.7 Å². The molecule has 2 aliphatic rings. The predicted molar refractivity (Wildman–Crippen MR) is 120 cm³/mol. The van der Waals surface area contributed by atoms with Gasteiger partial charge in [-0.2, -0.15) is 5.10 Å². The molecule has 2 heterocycles. The van der Waals surface area contributed by atoms with E-state index in [1.807, 2.05) is 41.3 Å². The molecule has 0 spiro atoms. The lowest BCUT2D eigenvalue weighted by Crippen LogP contribution is -2.31.